The predicted molar refractivity (Wildman–Crippen MR) is 121 cm³/mol. The molecular formula is C27H21FN2O4. The van der Waals surface area contributed by atoms with Crippen LogP contribution in [0, 0.1) is 17.1 Å². The first-order chi connectivity index (χ1) is 16.5. The van der Waals surface area contributed by atoms with Crippen molar-refractivity contribution < 1.29 is 23.1 Å². The Kier molecular flexibility index (Phi) is 5.64. The van der Waals surface area contributed by atoms with Gasteiger partial charge in [0.2, 0.25) is 5.88 Å². The van der Waals surface area contributed by atoms with Crippen molar-refractivity contribution in [2.45, 2.75) is 31.3 Å². The van der Waals surface area contributed by atoms with Crippen molar-refractivity contribution in [1.29, 1.82) is 5.26 Å². The van der Waals surface area contributed by atoms with Gasteiger partial charge in [0.1, 0.15) is 41.3 Å². The highest BCUT2D eigenvalue weighted by Crippen LogP contribution is 2.46. The van der Waals surface area contributed by atoms with Crippen LogP contribution in [-0.4, -0.2) is 5.78 Å². The normalized spacial score (nSPS) is 19.9. The zero-order valence-electron chi connectivity index (χ0n) is 18.2. The van der Waals surface area contributed by atoms with Gasteiger partial charge in [0.05, 0.1) is 12.2 Å². The molecule has 2 aromatic carbocycles. The first-order valence-electron chi connectivity index (χ1n) is 10.9. The van der Waals surface area contributed by atoms with Gasteiger partial charge in [-0.15, -0.1) is 0 Å². The fraction of sp³-hybridized carbons (Fsp3) is 0.185. The quantitative estimate of drug-likeness (QED) is 0.566. The number of nitriles is 1. The molecule has 5 rings (SSSR count). The van der Waals surface area contributed by atoms with E-state index in [1.54, 1.807) is 36.6 Å². The number of carbonyl (C=O) groups excluding carboxylic acids is 1. The number of halogens is 1. The highest BCUT2D eigenvalue weighted by atomic mass is 19.1. The van der Waals surface area contributed by atoms with Gasteiger partial charge in [0.25, 0.3) is 0 Å². The van der Waals surface area contributed by atoms with Crippen LogP contribution in [-0.2, 0) is 16.1 Å². The summed E-state index contributed by atoms with van der Waals surface area (Å²) < 4.78 is 30.1. The van der Waals surface area contributed by atoms with Crippen molar-refractivity contribution in [3.63, 3.8) is 0 Å². The maximum Gasteiger partial charge on any atom is 0.205 e. The third kappa shape index (κ3) is 4.06. The molecule has 0 spiro atoms. The first-order valence-corrected chi connectivity index (χ1v) is 10.9. The van der Waals surface area contributed by atoms with Crippen LogP contribution in [0.25, 0.3) is 0 Å². The number of nitrogens with zero attached hydrogens (tertiary/aromatic N) is 1. The molecule has 34 heavy (non-hydrogen) atoms. The van der Waals surface area contributed by atoms with E-state index in [4.69, 9.17) is 19.6 Å². The second kappa shape index (κ2) is 8.91. The van der Waals surface area contributed by atoms with E-state index in [2.05, 4.69) is 6.07 Å². The van der Waals surface area contributed by atoms with Crippen molar-refractivity contribution in [2.75, 3.05) is 0 Å². The highest BCUT2D eigenvalue weighted by Gasteiger charge is 2.41. The van der Waals surface area contributed by atoms with Gasteiger partial charge < -0.3 is 19.6 Å². The van der Waals surface area contributed by atoms with Gasteiger partial charge >= 0.3 is 0 Å². The summed E-state index contributed by atoms with van der Waals surface area (Å²) >= 11 is 0. The van der Waals surface area contributed by atoms with Crippen LogP contribution in [0.1, 0.15) is 41.6 Å². The number of ether oxygens (including phenoxy) is 2. The first kappa shape index (κ1) is 21.5. The fourth-order valence-corrected chi connectivity index (χ4v) is 4.47. The molecular weight excluding hydrogens is 435 g/mol. The summed E-state index contributed by atoms with van der Waals surface area (Å²) in [4.78, 5) is 13.2. The molecule has 7 heteroatoms. The molecule has 2 heterocycles. The van der Waals surface area contributed by atoms with Gasteiger partial charge in [-0.1, -0.05) is 24.3 Å². The molecule has 0 bridgehead atoms. The van der Waals surface area contributed by atoms with Crippen molar-refractivity contribution in [3.05, 3.63) is 112 Å². The molecule has 0 amide bonds. The lowest BCUT2D eigenvalue weighted by Gasteiger charge is -2.33. The Morgan fingerprint density at radius 3 is 2.53 bits per heavy atom. The molecule has 0 saturated heterocycles. The van der Waals surface area contributed by atoms with Crippen LogP contribution < -0.4 is 10.5 Å². The topological polar surface area (TPSA) is 98.5 Å². The number of ketones is 1. The number of allylic oxidation sites excluding steroid dienone is 3. The summed E-state index contributed by atoms with van der Waals surface area (Å²) in [6.07, 6.45) is 2.31. The monoisotopic (exact) mass is 456 g/mol. The Morgan fingerprint density at radius 2 is 1.85 bits per heavy atom. The van der Waals surface area contributed by atoms with Crippen LogP contribution in [0.2, 0.25) is 0 Å². The van der Waals surface area contributed by atoms with Crippen molar-refractivity contribution in [2.24, 2.45) is 5.73 Å². The maximum absolute atomic E-state index is 13.2. The number of carbonyl (C=O) groups is 1. The van der Waals surface area contributed by atoms with Gasteiger partial charge in [-0.2, -0.15) is 5.26 Å². The van der Waals surface area contributed by atoms with E-state index in [0.717, 1.165) is 16.9 Å². The van der Waals surface area contributed by atoms with Crippen molar-refractivity contribution in [3.8, 4) is 11.8 Å². The Hall–Kier alpha value is -4.31. The zero-order chi connectivity index (χ0) is 23.7. The number of benzene rings is 2. The van der Waals surface area contributed by atoms with Gasteiger partial charge in [-0.3, -0.25) is 4.79 Å². The Bertz CT molecular complexity index is 1320. The molecule has 1 aliphatic heterocycles. The third-order valence-corrected chi connectivity index (χ3v) is 6.14. The predicted octanol–water partition coefficient (Wildman–Crippen LogP) is 5.21. The lowest BCUT2D eigenvalue weighted by molar-refractivity contribution is -0.117. The van der Waals surface area contributed by atoms with Crippen LogP contribution in [0.4, 0.5) is 4.39 Å². The number of hydrogen-bond acceptors (Lipinski definition) is 6. The van der Waals surface area contributed by atoms with Gasteiger partial charge in [0, 0.05) is 24.3 Å². The minimum absolute atomic E-state index is 0.00998. The van der Waals surface area contributed by atoms with Crippen LogP contribution >= 0.6 is 0 Å². The summed E-state index contributed by atoms with van der Waals surface area (Å²) in [5.74, 6) is 0.683. The molecule has 2 atom stereocenters. The SMILES string of the molecule is N#CC1=C(N)OC2=C(C(=O)C[C@H](c3ccco3)C2)[C@@H]1c1ccc(OCc2ccc(F)cc2)cc1. The lowest BCUT2D eigenvalue weighted by Crippen LogP contribution is -2.29. The number of rotatable bonds is 5. The molecule has 0 unspecified atom stereocenters. The Morgan fingerprint density at radius 1 is 1.09 bits per heavy atom. The van der Waals surface area contributed by atoms with Crippen LogP contribution in [0.3, 0.4) is 0 Å². The molecule has 0 saturated carbocycles. The van der Waals surface area contributed by atoms with E-state index in [9.17, 15) is 14.4 Å². The van der Waals surface area contributed by atoms with Gasteiger partial charge in [-0.05, 0) is 47.5 Å². The number of Topliss-reactive ketones (excluding diaryl/α,β-unsaturated/α-hetero) is 1. The van der Waals surface area contributed by atoms with E-state index in [-0.39, 0.29) is 42.0 Å². The molecule has 2 aliphatic rings. The summed E-state index contributed by atoms with van der Waals surface area (Å²) in [5.41, 5.74) is 8.36. The number of furan rings is 1. The molecule has 0 fully saturated rings. The third-order valence-electron chi connectivity index (χ3n) is 6.14. The van der Waals surface area contributed by atoms with E-state index in [0.29, 0.717) is 23.5 Å². The van der Waals surface area contributed by atoms with Crippen molar-refractivity contribution >= 4 is 5.78 Å². The van der Waals surface area contributed by atoms with E-state index >= 15 is 0 Å². The maximum atomic E-state index is 13.2. The minimum atomic E-state index is -0.607. The van der Waals surface area contributed by atoms with Crippen LogP contribution in [0.15, 0.2) is 94.1 Å². The molecule has 0 radical (unpaired) electrons. The molecule has 1 aliphatic carbocycles. The van der Waals surface area contributed by atoms with E-state index in [1.807, 2.05) is 18.2 Å². The van der Waals surface area contributed by atoms with Crippen molar-refractivity contribution in [1.82, 2.24) is 0 Å². The van der Waals surface area contributed by atoms with Crippen LogP contribution in [0.5, 0.6) is 5.75 Å². The molecule has 2 N–H and O–H groups in total. The second-order valence-corrected chi connectivity index (χ2v) is 8.29. The Balaban J connectivity index is 1.41. The summed E-state index contributed by atoms with van der Waals surface area (Å²) in [6.45, 7) is 0.287. The summed E-state index contributed by atoms with van der Waals surface area (Å²) in [7, 11) is 0. The second-order valence-electron chi connectivity index (χ2n) is 8.29. The highest BCUT2D eigenvalue weighted by molar-refractivity contribution is 6.00. The largest absolute Gasteiger partial charge is 0.489 e. The Labute approximate surface area is 195 Å². The standard InChI is InChI=1S/C27H21FN2O4/c28-19-7-3-16(4-8-19)15-33-20-9-5-17(6-10-20)25-21(14-29)27(30)34-24-13-18(12-22(31)26(24)25)23-2-1-11-32-23/h1-11,18,25H,12-13,15,30H2/t18-,25+/m0/s1. The van der Waals surface area contributed by atoms with Gasteiger partial charge in [0.15, 0.2) is 5.78 Å². The molecule has 170 valence electrons. The number of nitrogens with two attached hydrogens (primary N) is 1. The smallest absolute Gasteiger partial charge is 0.205 e. The average molecular weight is 456 g/mol. The fourth-order valence-electron chi connectivity index (χ4n) is 4.47. The average Bonchev–Trinajstić information content (AvgIpc) is 3.38. The number of hydrogen-bond donors (Lipinski definition) is 1. The molecule has 6 nitrogen and oxygen atoms in total. The van der Waals surface area contributed by atoms with E-state index < -0.39 is 5.92 Å². The summed E-state index contributed by atoms with van der Waals surface area (Å²) in [6, 6.07) is 19.0. The molecule has 1 aromatic heterocycles. The zero-order valence-corrected chi connectivity index (χ0v) is 18.2. The van der Waals surface area contributed by atoms with E-state index in [1.165, 1.54) is 12.1 Å². The summed E-state index contributed by atoms with van der Waals surface area (Å²) in [5, 5.41) is 9.79. The molecule has 3 aromatic rings. The lowest BCUT2D eigenvalue weighted by atomic mass is 9.74. The minimum Gasteiger partial charge on any atom is -0.489 e. The van der Waals surface area contributed by atoms with Gasteiger partial charge in [-0.25, -0.2) is 4.39 Å².